The minimum atomic E-state index is -0.127. The van der Waals surface area contributed by atoms with Crippen molar-refractivity contribution in [1.82, 2.24) is 9.97 Å². The van der Waals surface area contributed by atoms with Crippen LogP contribution >= 0.6 is 0 Å². The second-order valence-corrected chi connectivity index (χ2v) is 5.20. The Bertz CT molecular complexity index is 559. The molecule has 3 rings (SSSR count). The summed E-state index contributed by atoms with van der Waals surface area (Å²) in [6, 6.07) is 0.405. The van der Waals surface area contributed by atoms with Gasteiger partial charge in [-0.3, -0.25) is 20.2 Å². The third-order valence-electron chi connectivity index (χ3n) is 3.79. The van der Waals surface area contributed by atoms with Gasteiger partial charge < -0.3 is 8.83 Å². The highest BCUT2D eigenvalue weighted by Crippen LogP contribution is 2.30. The molecule has 1 aliphatic rings. The third-order valence-corrected chi connectivity index (χ3v) is 3.79. The Labute approximate surface area is 126 Å². The lowest BCUT2D eigenvalue weighted by Gasteiger charge is -2.26. The van der Waals surface area contributed by atoms with E-state index >= 15 is 0 Å². The van der Waals surface area contributed by atoms with Crippen LogP contribution < -0.4 is 10.6 Å². The molecule has 116 valence electrons. The van der Waals surface area contributed by atoms with Crippen LogP contribution in [0, 0.1) is 11.8 Å². The molecule has 22 heavy (non-hydrogen) atoms. The largest absolute Gasteiger partial charge is 0.432 e. The fourth-order valence-electron chi connectivity index (χ4n) is 2.60. The Kier molecular flexibility index (Phi) is 4.17. The number of anilines is 2. The van der Waals surface area contributed by atoms with Gasteiger partial charge in [0.25, 0.3) is 0 Å². The van der Waals surface area contributed by atoms with Crippen molar-refractivity contribution in [3.63, 3.8) is 0 Å². The van der Waals surface area contributed by atoms with Gasteiger partial charge in [-0.15, -0.1) is 0 Å². The Morgan fingerprint density at radius 1 is 0.864 bits per heavy atom. The van der Waals surface area contributed by atoms with Crippen LogP contribution in [0.4, 0.5) is 12.0 Å². The number of oxazole rings is 2. The lowest BCUT2D eigenvalue weighted by atomic mass is 9.81. The average Bonchev–Trinajstić information content (AvgIpc) is 3.21. The van der Waals surface area contributed by atoms with Crippen molar-refractivity contribution < 1.29 is 18.4 Å². The van der Waals surface area contributed by atoms with Crippen molar-refractivity contribution in [1.29, 1.82) is 0 Å². The molecule has 8 nitrogen and oxygen atoms in total. The summed E-state index contributed by atoms with van der Waals surface area (Å²) in [5.74, 6) is -0.488. The fraction of sp³-hybridized carbons (Fsp3) is 0.429. The van der Waals surface area contributed by atoms with Gasteiger partial charge in [-0.2, -0.15) is 0 Å². The summed E-state index contributed by atoms with van der Waals surface area (Å²) in [5, 5.41) is 5.26. The maximum Gasteiger partial charge on any atom is 0.301 e. The number of nitrogens with one attached hydrogen (secondary N) is 2. The molecular weight excluding hydrogens is 288 g/mol. The van der Waals surface area contributed by atoms with E-state index in [4.69, 9.17) is 8.83 Å². The Hall–Kier alpha value is -2.64. The third kappa shape index (κ3) is 3.33. The number of carbonyl (C=O) groups excluding carboxylic acids is 2. The molecule has 2 aromatic heterocycles. The van der Waals surface area contributed by atoms with Crippen molar-refractivity contribution >= 4 is 23.8 Å². The topological polar surface area (TPSA) is 110 Å². The van der Waals surface area contributed by atoms with Crippen molar-refractivity contribution in [3.8, 4) is 0 Å². The van der Waals surface area contributed by atoms with Crippen LogP contribution in [0.25, 0.3) is 0 Å². The Morgan fingerprint density at radius 3 is 1.59 bits per heavy atom. The average molecular weight is 304 g/mol. The van der Waals surface area contributed by atoms with Crippen LogP contribution in [0.5, 0.6) is 0 Å². The van der Waals surface area contributed by atoms with Gasteiger partial charge in [0.1, 0.15) is 12.5 Å². The summed E-state index contributed by atoms with van der Waals surface area (Å²) in [4.78, 5) is 31.8. The molecule has 0 atom stereocenters. The van der Waals surface area contributed by atoms with Gasteiger partial charge in [0.2, 0.25) is 11.8 Å². The number of carbonyl (C=O) groups is 2. The molecule has 0 aliphatic heterocycles. The highest BCUT2D eigenvalue weighted by atomic mass is 16.4. The van der Waals surface area contributed by atoms with Crippen LogP contribution in [0.3, 0.4) is 0 Å². The first-order valence-electron chi connectivity index (χ1n) is 7.13. The van der Waals surface area contributed by atoms with Crippen molar-refractivity contribution in [2.45, 2.75) is 25.7 Å². The summed E-state index contributed by atoms with van der Waals surface area (Å²) in [5.41, 5.74) is 0. The number of nitrogens with zero attached hydrogens (tertiary/aromatic N) is 2. The van der Waals surface area contributed by atoms with Crippen molar-refractivity contribution in [2.24, 2.45) is 11.8 Å². The highest BCUT2D eigenvalue weighted by Gasteiger charge is 2.30. The van der Waals surface area contributed by atoms with E-state index in [0.29, 0.717) is 25.7 Å². The summed E-state index contributed by atoms with van der Waals surface area (Å²) in [7, 11) is 0. The molecule has 0 spiro atoms. The monoisotopic (exact) mass is 304 g/mol. The number of aromatic nitrogens is 2. The Balaban J connectivity index is 1.47. The van der Waals surface area contributed by atoms with E-state index in [0.717, 1.165) is 0 Å². The van der Waals surface area contributed by atoms with Gasteiger partial charge in [0.15, 0.2) is 0 Å². The molecule has 2 aromatic rings. The van der Waals surface area contributed by atoms with Crippen LogP contribution in [0.1, 0.15) is 25.7 Å². The predicted molar refractivity (Wildman–Crippen MR) is 75.7 cm³/mol. The normalized spacial score (nSPS) is 21.3. The minimum Gasteiger partial charge on any atom is -0.432 e. The molecule has 1 aliphatic carbocycles. The molecule has 0 aromatic carbocycles. The summed E-state index contributed by atoms with van der Waals surface area (Å²) >= 11 is 0. The van der Waals surface area contributed by atoms with E-state index in [1.165, 1.54) is 24.9 Å². The highest BCUT2D eigenvalue weighted by molar-refractivity contribution is 5.92. The molecule has 2 amide bonds. The first kappa shape index (κ1) is 14.3. The van der Waals surface area contributed by atoms with Gasteiger partial charge in [0, 0.05) is 11.8 Å². The quantitative estimate of drug-likeness (QED) is 0.894. The van der Waals surface area contributed by atoms with Crippen LogP contribution in [0.15, 0.2) is 33.8 Å². The zero-order valence-corrected chi connectivity index (χ0v) is 11.8. The molecule has 1 saturated carbocycles. The standard InChI is InChI=1S/C14H16N4O4/c19-11(17-13-15-5-7-21-13)9-1-2-10(4-3-9)12(20)18-14-16-6-8-22-14/h5-10H,1-4H2,(H,15,17,19)(H,16,18,20). The molecule has 0 unspecified atom stereocenters. The molecule has 2 heterocycles. The zero-order valence-electron chi connectivity index (χ0n) is 11.8. The molecule has 1 fully saturated rings. The van der Waals surface area contributed by atoms with Gasteiger partial charge in [-0.25, -0.2) is 9.97 Å². The summed E-state index contributed by atoms with van der Waals surface area (Å²) < 4.78 is 9.98. The van der Waals surface area contributed by atoms with Crippen LogP contribution in [-0.4, -0.2) is 21.8 Å². The molecule has 0 radical (unpaired) electrons. The molecule has 0 saturated heterocycles. The van der Waals surface area contributed by atoms with Gasteiger partial charge >= 0.3 is 12.0 Å². The fourth-order valence-corrected chi connectivity index (χ4v) is 2.60. The molecule has 8 heteroatoms. The first-order valence-corrected chi connectivity index (χ1v) is 7.13. The maximum absolute atomic E-state index is 12.1. The second-order valence-electron chi connectivity index (χ2n) is 5.20. The number of hydrogen-bond donors (Lipinski definition) is 2. The minimum absolute atomic E-state index is 0.117. The maximum atomic E-state index is 12.1. The van der Waals surface area contributed by atoms with E-state index in [9.17, 15) is 9.59 Å². The first-order chi connectivity index (χ1) is 10.7. The van der Waals surface area contributed by atoms with E-state index in [1.807, 2.05) is 0 Å². The van der Waals surface area contributed by atoms with Gasteiger partial charge in [0.05, 0.1) is 12.4 Å². The van der Waals surface area contributed by atoms with Crippen molar-refractivity contribution in [3.05, 3.63) is 24.9 Å². The predicted octanol–water partition coefficient (Wildman–Crippen LogP) is 2.05. The number of rotatable bonds is 4. The lowest BCUT2D eigenvalue weighted by molar-refractivity contribution is -0.125. The molecule has 2 N–H and O–H groups in total. The smallest absolute Gasteiger partial charge is 0.301 e. The second kappa shape index (κ2) is 6.42. The van der Waals surface area contributed by atoms with Crippen molar-refractivity contribution in [2.75, 3.05) is 10.6 Å². The van der Waals surface area contributed by atoms with Crippen LogP contribution in [-0.2, 0) is 9.59 Å². The van der Waals surface area contributed by atoms with Gasteiger partial charge in [-0.1, -0.05) is 0 Å². The van der Waals surface area contributed by atoms with Gasteiger partial charge in [-0.05, 0) is 25.7 Å². The number of amides is 2. The van der Waals surface area contributed by atoms with Crippen LogP contribution in [0.2, 0.25) is 0 Å². The van der Waals surface area contributed by atoms with E-state index < -0.39 is 0 Å². The summed E-state index contributed by atoms with van der Waals surface area (Å²) in [6.45, 7) is 0. The van der Waals surface area contributed by atoms with E-state index in [1.54, 1.807) is 0 Å². The molecular formula is C14H16N4O4. The van der Waals surface area contributed by atoms with E-state index in [-0.39, 0.29) is 35.7 Å². The summed E-state index contributed by atoms with van der Waals surface area (Å²) in [6.07, 6.45) is 8.34. The zero-order chi connectivity index (χ0) is 15.4. The Morgan fingerprint density at radius 2 is 1.27 bits per heavy atom. The molecule has 0 bridgehead atoms. The lowest BCUT2D eigenvalue weighted by Crippen LogP contribution is -2.32. The number of hydrogen-bond acceptors (Lipinski definition) is 6. The SMILES string of the molecule is O=C(Nc1ncco1)C1CCC(C(=O)Nc2ncco2)CC1. The van der Waals surface area contributed by atoms with E-state index in [2.05, 4.69) is 20.6 Å².